The van der Waals surface area contributed by atoms with Gasteiger partial charge in [0.2, 0.25) is 0 Å². The molecule has 1 saturated heterocycles. The third kappa shape index (κ3) is 6.40. The van der Waals surface area contributed by atoms with Crippen molar-refractivity contribution >= 4 is 18.2 Å². The summed E-state index contributed by atoms with van der Waals surface area (Å²) in [5, 5.41) is 3.29. The molecule has 1 heterocycles. The molecular weight excluding hydrogens is 330 g/mol. The van der Waals surface area contributed by atoms with Crippen LogP contribution in [0.2, 0.25) is 0 Å². The summed E-state index contributed by atoms with van der Waals surface area (Å²) in [4.78, 5) is 11.2. The normalized spacial score (nSPS) is 21.1. The number of rotatable bonds is 9. The number of hydrogen-bond acceptors (Lipinski definition) is 5. The molecule has 1 unspecified atom stereocenters. The van der Waals surface area contributed by atoms with E-state index in [1.54, 1.807) is 14.0 Å². The van der Waals surface area contributed by atoms with E-state index < -0.39 is 0 Å². The molecule has 3 atom stereocenters. The van der Waals surface area contributed by atoms with Crippen LogP contribution in [0.1, 0.15) is 31.7 Å². The van der Waals surface area contributed by atoms with E-state index in [1.807, 2.05) is 24.3 Å². The van der Waals surface area contributed by atoms with Gasteiger partial charge in [0, 0.05) is 26.6 Å². The molecular formula is C18H28ClNO4. The first-order valence-electron chi connectivity index (χ1n) is 8.17. The Balaban J connectivity index is 0.00000288. The standard InChI is InChI=1S/C18H27NO4.ClH/c1-13(10-14(2)20)15-4-6-16(7-5-15)23-18-12-19-11-17(18)22-9-8-21-3;/h4-7,13,17-19H,8-12H2,1-3H3;1H/t13-,17+,18?;/m1./s1. The van der Waals surface area contributed by atoms with Gasteiger partial charge in [-0.1, -0.05) is 19.1 Å². The van der Waals surface area contributed by atoms with Gasteiger partial charge in [-0.2, -0.15) is 0 Å². The first kappa shape index (κ1) is 20.9. The molecule has 0 bridgehead atoms. The SMILES string of the molecule is COCCO[C@H]1CNCC1Oc1ccc([C@H](C)CC(C)=O)cc1.Cl. The van der Waals surface area contributed by atoms with Gasteiger partial charge in [0.1, 0.15) is 23.7 Å². The summed E-state index contributed by atoms with van der Waals surface area (Å²) in [5.74, 6) is 1.28. The molecule has 0 radical (unpaired) electrons. The Kier molecular flexibility index (Phi) is 9.29. The molecule has 1 aromatic carbocycles. The van der Waals surface area contributed by atoms with Crippen molar-refractivity contribution in [3.8, 4) is 5.75 Å². The molecule has 1 aliphatic heterocycles. The second-order valence-electron chi connectivity index (χ2n) is 6.09. The Morgan fingerprint density at radius 3 is 2.50 bits per heavy atom. The second kappa shape index (κ2) is 10.7. The van der Waals surface area contributed by atoms with E-state index in [9.17, 15) is 4.79 Å². The number of ketones is 1. The van der Waals surface area contributed by atoms with Crippen molar-refractivity contribution in [2.75, 3.05) is 33.4 Å². The average Bonchev–Trinajstić information content (AvgIpc) is 2.95. The Morgan fingerprint density at radius 2 is 1.88 bits per heavy atom. The number of carbonyl (C=O) groups excluding carboxylic acids is 1. The van der Waals surface area contributed by atoms with E-state index in [0.717, 1.165) is 24.4 Å². The maximum Gasteiger partial charge on any atom is 0.138 e. The number of carbonyl (C=O) groups is 1. The first-order valence-corrected chi connectivity index (χ1v) is 8.17. The van der Waals surface area contributed by atoms with Gasteiger partial charge in [0.25, 0.3) is 0 Å². The number of halogens is 1. The number of methoxy groups -OCH3 is 1. The van der Waals surface area contributed by atoms with E-state index in [2.05, 4.69) is 12.2 Å². The Morgan fingerprint density at radius 1 is 1.21 bits per heavy atom. The lowest BCUT2D eigenvalue weighted by molar-refractivity contribution is -0.117. The van der Waals surface area contributed by atoms with Crippen molar-refractivity contribution < 1.29 is 19.0 Å². The quantitative estimate of drug-likeness (QED) is 0.688. The summed E-state index contributed by atoms with van der Waals surface area (Å²) in [6.45, 7) is 6.43. The minimum Gasteiger partial charge on any atom is -0.486 e. The molecule has 0 amide bonds. The Labute approximate surface area is 150 Å². The molecule has 1 fully saturated rings. The van der Waals surface area contributed by atoms with Crippen LogP contribution in [0.3, 0.4) is 0 Å². The Bertz CT molecular complexity index is 494. The summed E-state index contributed by atoms with van der Waals surface area (Å²) in [5.41, 5.74) is 1.16. The zero-order chi connectivity index (χ0) is 16.7. The van der Waals surface area contributed by atoms with Gasteiger partial charge in [0.15, 0.2) is 0 Å². The molecule has 24 heavy (non-hydrogen) atoms. The fourth-order valence-electron chi connectivity index (χ4n) is 2.80. The van der Waals surface area contributed by atoms with E-state index in [1.165, 1.54) is 0 Å². The van der Waals surface area contributed by atoms with Crippen LogP contribution >= 0.6 is 12.4 Å². The molecule has 0 spiro atoms. The molecule has 1 N–H and O–H groups in total. The van der Waals surface area contributed by atoms with Crippen molar-refractivity contribution in [2.24, 2.45) is 0 Å². The second-order valence-corrected chi connectivity index (χ2v) is 6.09. The van der Waals surface area contributed by atoms with Crippen LogP contribution in [0.25, 0.3) is 0 Å². The van der Waals surface area contributed by atoms with Crippen LogP contribution in [0.15, 0.2) is 24.3 Å². The van der Waals surface area contributed by atoms with Gasteiger partial charge in [-0.15, -0.1) is 12.4 Å². The largest absolute Gasteiger partial charge is 0.486 e. The predicted octanol–water partition coefficient (Wildman–Crippen LogP) is 2.57. The lowest BCUT2D eigenvalue weighted by Gasteiger charge is -2.21. The molecule has 0 aliphatic carbocycles. The van der Waals surface area contributed by atoms with Crippen LogP contribution in [-0.2, 0) is 14.3 Å². The molecule has 6 heteroatoms. The highest BCUT2D eigenvalue weighted by molar-refractivity contribution is 5.85. The van der Waals surface area contributed by atoms with Crippen molar-refractivity contribution in [3.05, 3.63) is 29.8 Å². The van der Waals surface area contributed by atoms with Crippen molar-refractivity contribution in [1.82, 2.24) is 5.32 Å². The van der Waals surface area contributed by atoms with E-state index in [0.29, 0.717) is 19.6 Å². The van der Waals surface area contributed by atoms with E-state index >= 15 is 0 Å². The van der Waals surface area contributed by atoms with Gasteiger partial charge in [-0.25, -0.2) is 0 Å². The number of ether oxygens (including phenoxy) is 3. The zero-order valence-electron chi connectivity index (χ0n) is 14.6. The minimum absolute atomic E-state index is 0. The third-order valence-corrected chi connectivity index (χ3v) is 4.06. The monoisotopic (exact) mass is 357 g/mol. The topological polar surface area (TPSA) is 56.8 Å². The highest BCUT2D eigenvalue weighted by Crippen LogP contribution is 2.23. The summed E-state index contributed by atoms with van der Waals surface area (Å²) < 4.78 is 16.8. The van der Waals surface area contributed by atoms with E-state index in [-0.39, 0.29) is 36.3 Å². The van der Waals surface area contributed by atoms with Crippen molar-refractivity contribution in [1.29, 1.82) is 0 Å². The summed E-state index contributed by atoms with van der Waals surface area (Å²) in [7, 11) is 1.67. The molecule has 2 rings (SSSR count). The number of hydrogen-bond donors (Lipinski definition) is 1. The molecule has 5 nitrogen and oxygen atoms in total. The van der Waals surface area contributed by atoms with Gasteiger partial charge in [-0.3, -0.25) is 0 Å². The predicted molar refractivity (Wildman–Crippen MR) is 96.3 cm³/mol. The number of benzene rings is 1. The fraction of sp³-hybridized carbons (Fsp3) is 0.611. The highest BCUT2D eigenvalue weighted by atomic mass is 35.5. The summed E-state index contributed by atoms with van der Waals surface area (Å²) in [6.07, 6.45) is 0.621. The minimum atomic E-state index is 0. The first-order chi connectivity index (χ1) is 11.1. The Hall–Kier alpha value is -1.14. The maximum atomic E-state index is 11.2. The maximum absolute atomic E-state index is 11.2. The van der Waals surface area contributed by atoms with Crippen LogP contribution < -0.4 is 10.1 Å². The van der Waals surface area contributed by atoms with Gasteiger partial charge in [-0.05, 0) is 30.5 Å². The van der Waals surface area contributed by atoms with Crippen molar-refractivity contribution in [2.45, 2.75) is 38.4 Å². The van der Waals surface area contributed by atoms with Crippen molar-refractivity contribution in [3.63, 3.8) is 0 Å². The molecule has 0 aromatic heterocycles. The lowest BCUT2D eigenvalue weighted by atomic mass is 9.96. The number of Topliss-reactive ketones (excluding diaryl/α,β-unsaturated/α-hetero) is 1. The summed E-state index contributed by atoms with van der Waals surface area (Å²) in [6, 6.07) is 8.01. The highest BCUT2D eigenvalue weighted by Gasteiger charge is 2.29. The molecule has 136 valence electrons. The van der Waals surface area contributed by atoms with Crippen LogP contribution in [0, 0.1) is 0 Å². The van der Waals surface area contributed by atoms with Crippen LogP contribution in [-0.4, -0.2) is 51.4 Å². The van der Waals surface area contributed by atoms with Crippen LogP contribution in [0.5, 0.6) is 5.75 Å². The molecule has 1 aliphatic rings. The van der Waals surface area contributed by atoms with Crippen LogP contribution in [0.4, 0.5) is 0 Å². The molecule has 0 saturated carbocycles. The smallest absolute Gasteiger partial charge is 0.138 e. The molecule has 1 aromatic rings. The van der Waals surface area contributed by atoms with E-state index in [4.69, 9.17) is 14.2 Å². The number of nitrogens with one attached hydrogen (secondary N) is 1. The van der Waals surface area contributed by atoms with Gasteiger partial charge >= 0.3 is 0 Å². The van der Waals surface area contributed by atoms with Gasteiger partial charge < -0.3 is 24.3 Å². The fourth-order valence-corrected chi connectivity index (χ4v) is 2.80. The lowest BCUT2D eigenvalue weighted by Crippen LogP contribution is -2.33. The average molecular weight is 358 g/mol. The van der Waals surface area contributed by atoms with Gasteiger partial charge in [0.05, 0.1) is 13.2 Å². The third-order valence-electron chi connectivity index (χ3n) is 4.06. The summed E-state index contributed by atoms with van der Waals surface area (Å²) >= 11 is 0. The zero-order valence-corrected chi connectivity index (χ0v) is 15.4.